The van der Waals surface area contributed by atoms with E-state index in [0.717, 1.165) is 30.2 Å². The van der Waals surface area contributed by atoms with Crippen LogP contribution in [0.5, 0.6) is 0 Å². The van der Waals surface area contributed by atoms with E-state index in [0.29, 0.717) is 12.5 Å². The first-order chi connectivity index (χ1) is 16.2. The molecule has 0 spiro atoms. The van der Waals surface area contributed by atoms with Crippen molar-refractivity contribution < 1.29 is 8.82 Å². The number of nitrogens with one attached hydrogen (secondary N) is 1. The van der Waals surface area contributed by atoms with E-state index < -0.39 is 8.32 Å². The van der Waals surface area contributed by atoms with Crippen molar-refractivity contribution in [3.8, 4) is 0 Å². The van der Waals surface area contributed by atoms with Gasteiger partial charge in [-0.1, -0.05) is 36.4 Å². The van der Waals surface area contributed by atoms with Gasteiger partial charge in [0.05, 0.1) is 18.2 Å². The Morgan fingerprint density at radius 2 is 1.79 bits per heavy atom. The van der Waals surface area contributed by atoms with Crippen molar-refractivity contribution in [1.82, 2.24) is 15.1 Å². The second-order valence-electron chi connectivity index (χ2n) is 11.1. The number of halogens is 1. The highest BCUT2D eigenvalue weighted by molar-refractivity contribution is 7.80. The van der Waals surface area contributed by atoms with Crippen LogP contribution in [0.4, 0.5) is 4.39 Å². The molecule has 34 heavy (non-hydrogen) atoms. The Bertz CT molecular complexity index is 1030. The van der Waals surface area contributed by atoms with Gasteiger partial charge in [-0.15, -0.1) is 0 Å². The highest BCUT2D eigenvalue weighted by Gasteiger charge is 2.48. The molecule has 3 fully saturated rings. The van der Waals surface area contributed by atoms with Gasteiger partial charge in [-0.25, -0.2) is 4.39 Å². The van der Waals surface area contributed by atoms with Crippen molar-refractivity contribution in [3.63, 3.8) is 0 Å². The minimum absolute atomic E-state index is 0.0263. The number of fused-ring (bicyclic) bond motifs is 4. The van der Waals surface area contributed by atoms with Gasteiger partial charge in [-0.3, -0.25) is 0 Å². The average molecular weight is 498 g/mol. The van der Waals surface area contributed by atoms with Gasteiger partial charge in [0.25, 0.3) is 0 Å². The molecule has 0 amide bonds. The van der Waals surface area contributed by atoms with Crippen LogP contribution in [0.15, 0.2) is 48.5 Å². The molecule has 1 unspecified atom stereocenters. The summed E-state index contributed by atoms with van der Waals surface area (Å²) in [6, 6.07) is 15.5. The summed E-state index contributed by atoms with van der Waals surface area (Å²) in [5.41, 5.74) is 3.51. The largest absolute Gasteiger partial charge is 0.415 e. The van der Waals surface area contributed by atoms with E-state index in [-0.39, 0.29) is 17.4 Å². The summed E-state index contributed by atoms with van der Waals surface area (Å²) in [6.45, 7) is 11.6. The molecule has 6 rings (SSSR count). The van der Waals surface area contributed by atoms with Gasteiger partial charge in [0.15, 0.2) is 13.4 Å². The summed E-state index contributed by atoms with van der Waals surface area (Å²) >= 11 is 6.16. The maximum absolute atomic E-state index is 13.8. The average Bonchev–Trinajstić information content (AvgIpc) is 2.83. The van der Waals surface area contributed by atoms with Crippen molar-refractivity contribution in [2.75, 3.05) is 32.8 Å². The minimum Gasteiger partial charge on any atom is -0.415 e. The molecule has 4 nitrogen and oxygen atoms in total. The molecule has 4 heterocycles. The zero-order chi connectivity index (χ0) is 23.9. The fourth-order valence-corrected chi connectivity index (χ4v) is 7.02. The third kappa shape index (κ3) is 4.80. The Labute approximate surface area is 209 Å². The molecule has 1 N–H and O–H groups in total. The third-order valence-corrected chi connectivity index (χ3v) is 9.07. The highest BCUT2D eigenvalue weighted by Crippen LogP contribution is 2.39. The van der Waals surface area contributed by atoms with Crippen LogP contribution in [-0.2, 0) is 10.8 Å². The summed E-state index contributed by atoms with van der Waals surface area (Å²) in [5.74, 6) is 0.350. The molecule has 0 aliphatic carbocycles. The SMILES string of the molecule is C[Si](C)(C)OCC1(NC(=S)N2CCc3ccccc3[C@@H]2c2ccc(F)cc2)CN2CCC1CC2. The standard InChI is InChI=1S/C27H36FN3OSSi/c1-34(2,3)32-19-27(18-30-15-13-22(27)14-16-30)29-26(33)31-17-12-20-6-4-5-7-24(20)25(31)21-8-10-23(28)11-9-21/h4-11,22,25H,12-19H2,1-3H3,(H,29,33)/t25-,27?/m0/s1. The van der Waals surface area contributed by atoms with Gasteiger partial charge in [-0.2, -0.15) is 0 Å². The van der Waals surface area contributed by atoms with E-state index in [1.165, 1.54) is 37.1 Å². The van der Waals surface area contributed by atoms with E-state index in [1.807, 2.05) is 12.1 Å². The van der Waals surface area contributed by atoms with Crippen LogP contribution >= 0.6 is 12.2 Å². The van der Waals surface area contributed by atoms with Gasteiger partial charge in [0, 0.05) is 13.1 Å². The lowest BCUT2D eigenvalue weighted by Gasteiger charge is -2.55. The van der Waals surface area contributed by atoms with Gasteiger partial charge >= 0.3 is 0 Å². The van der Waals surface area contributed by atoms with Crippen LogP contribution < -0.4 is 5.32 Å². The van der Waals surface area contributed by atoms with E-state index in [9.17, 15) is 4.39 Å². The minimum atomic E-state index is -1.68. The molecule has 0 radical (unpaired) electrons. The van der Waals surface area contributed by atoms with E-state index in [1.54, 1.807) is 12.1 Å². The van der Waals surface area contributed by atoms with Crippen molar-refractivity contribution in [2.24, 2.45) is 5.92 Å². The molecule has 2 bridgehead atoms. The third-order valence-electron chi connectivity index (χ3n) is 7.72. The first kappa shape index (κ1) is 23.9. The summed E-state index contributed by atoms with van der Waals surface area (Å²) in [5, 5.41) is 4.68. The Hall–Kier alpha value is -1.80. The number of thiocarbonyl (C=S) groups is 1. The van der Waals surface area contributed by atoms with Crippen LogP contribution in [0, 0.1) is 11.7 Å². The molecular formula is C27H36FN3OSSi. The van der Waals surface area contributed by atoms with Crippen LogP contribution in [0.25, 0.3) is 0 Å². The van der Waals surface area contributed by atoms with E-state index in [2.05, 4.69) is 59.0 Å². The zero-order valence-electron chi connectivity index (χ0n) is 20.5. The van der Waals surface area contributed by atoms with Gasteiger partial charge < -0.3 is 19.5 Å². The lowest BCUT2D eigenvalue weighted by molar-refractivity contribution is -0.0119. The van der Waals surface area contributed by atoms with Crippen LogP contribution in [-0.4, -0.2) is 61.6 Å². The summed E-state index contributed by atoms with van der Waals surface area (Å²) in [7, 11) is -1.68. The number of hydrogen-bond donors (Lipinski definition) is 1. The lowest BCUT2D eigenvalue weighted by atomic mass is 9.73. The summed E-state index contributed by atoms with van der Waals surface area (Å²) in [4.78, 5) is 4.88. The summed E-state index contributed by atoms with van der Waals surface area (Å²) < 4.78 is 20.3. The Kier molecular flexibility index (Phi) is 6.57. The molecule has 7 heteroatoms. The number of nitrogens with zero attached hydrogens (tertiary/aromatic N) is 2. The predicted molar refractivity (Wildman–Crippen MR) is 142 cm³/mol. The lowest BCUT2D eigenvalue weighted by Crippen LogP contribution is -2.71. The molecule has 0 saturated carbocycles. The molecule has 182 valence electrons. The monoisotopic (exact) mass is 497 g/mol. The van der Waals surface area contributed by atoms with Gasteiger partial charge in [-0.05, 0) is 99.0 Å². The Balaban J connectivity index is 1.46. The number of hydrogen-bond acceptors (Lipinski definition) is 3. The summed E-state index contributed by atoms with van der Waals surface area (Å²) in [6.07, 6.45) is 3.33. The maximum Gasteiger partial charge on any atom is 0.183 e. The van der Waals surface area contributed by atoms with Gasteiger partial charge in [0.1, 0.15) is 5.82 Å². The number of rotatable bonds is 5. The molecule has 2 aromatic carbocycles. The first-order valence-electron chi connectivity index (χ1n) is 12.5. The Morgan fingerprint density at radius 3 is 2.44 bits per heavy atom. The number of benzene rings is 2. The molecule has 2 atom stereocenters. The van der Waals surface area contributed by atoms with E-state index in [4.69, 9.17) is 16.6 Å². The van der Waals surface area contributed by atoms with Crippen molar-refractivity contribution >= 4 is 25.6 Å². The smallest absolute Gasteiger partial charge is 0.183 e. The van der Waals surface area contributed by atoms with Gasteiger partial charge in [0.2, 0.25) is 0 Å². The second kappa shape index (κ2) is 9.34. The fraction of sp³-hybridized carbons (Fsp3) is 0.519. The van der Waals surface area contributed by atoms with Crippen molar-refractivity contribution in [1.29, 1.82) is 0 Å². The highest BCUT2D eigenvalue weighted by atomic mass is 32.1. The molecule has 0 aromatic heterocycles. The predicted octanol–water partition coefficient (Wildman–Crippen LogP) is 4.96. The molecule has 2 aromatic rings. The topological polar surface area (TPSA) is 27.7 Å². The van der Waals surface area contributed by atoms with Crippen LogP contribution in [0.2, 0.25) is 19.6 Å². The number of piperidine rings is 3. The molecular weight excluding hydrogens is 461 g/mol. The maximum atomic E-state index is 13.8. The second-order valence-corrected chi connectivity index (χ2v) is 16.0. The zero-order valence-corrected chi connectivity index (χ0v) is 22.3. The van der Waals surface area contributed by atoms with Crippen molar-refractivity contribution in [3.05, 3.63) is 71.0 Å². The van der Waals surface area contributed by atoms with Crippen LogP contribution in [0.3, 0.4) is 0 Å². The normalized spacial score (nSPS) is 28.5. The molecule has 3 saturated heterocycles. The van der Waals surface area contributed by atoms with Crippen molar-refractivity contribution in [2.45, 2.75) is 50.5 Å². The molecule has 4 aliphatic rings. The van der Waals surface area contributed by atoms with E-state index >= 15 is 0 Å². The quantitative estimate of drug-likeness (QED) is 0.465. The fourth-order valence-electron chi connectivity index (χ4n) is 5.93. The first-order valence-corrected chi connectivity index (χ1v) is 16.3. The Morgan fingerprint density at radius 1 is 1.09 bits per heavy atom. The van der Waals surface area contributed by atoms with Crippen LogP contribution in [0.1, 0.15) is 35.6 Å². The molecule has 4 aliphatic heterocycles.